The van der Waals surface area contributed by atoms with Crippen molar-refractivity contribution in [2.24, 2.45) is 5.73 Å². The van der Waals surface area contributed by atoms with Crippen molar-refractivity contribution >= 4 is 16.0 Å². The zero-order valence-electron chi connectivity index (χ0n) is 9.45. The smallest absolute Gasteiger partial charge is 0.280 e. The Balaban J connectivity index is 4.66. The highest BCUT2D eigenvalue weighted by Crippen LogP contribution is 2.00. The predicted octanol–water partition coefficient (Wildman–Crippen LogP) is -0.123. The number of nitrogens with one attached hydrogen (secondary N) is 2. The zero-order valence-corrected chi connectivity index (χ0v) is 10.3. The molecular weight excluding hydrogens is 216 g/mol. The van der Waals surface area contributed by atoms with Crippen LogP contribution in [0.4, 0.5) is 0 Å². The van der Waals surface area contributed by atoms with Gasteiger partial charge in [0.05, 0.1) is 6.54 Å². The third-order valence-corrected chi connectivity index (χ3v) is 3.31. The molecule has 6 nitrogen and oxygen atoms in total. The van der Waals surface area contributed by atoms with Gasteiger partial charge < -0.3 is 5.73 Å². The summed E-state index contributed by atoms with van der Waals surface area (Å²) >= 11 is 0. The molecule has 0 spiro atoms. The number of nitrogens with zero attached hydrogens (tertiary/aromatic N) is 1. The van der Waals surface area contributed by atoms with Crippen LogP contribution in [-0.2, 0) is 10.2 Å². The molecule has 0 amide bonds. The third kappa shape index (κ3) is 5.71. The third-order valence-electron chi connectivity index (χ3n) is 1.54. The molecule has 0 rings (SSSR count). The second kappa shape index (κ2) is 6.04. The number of rotatable bonds is 7. The summed E-state index contributed by atoms with van der Waals surface area (Å²) in [6.07, 6.45) is 0.687. The molecule has 0 aliphatic carbocycles. The van der Waals surface area contributed by atoms with Gasteiger partial charge in [0.1, 0.15) is 5.84 Å². The van der Waals surface area contributed by atoms with E-state index in [2.05, 4.69) is 4.72 Å². The Morgan fingerprint density at radius 2 is 2.07 bits per heavy atom. The van der Waals surface area contributed by atoms with Crippen LogP contribution in [0.25, 0.3) is 0 Å². The van der Waals surface area contributed by atoms with Gasteiger partial charge in [-0.25, -0.2) is 0 Å². The lowest BCUT2D eigenvalue weighted by Gasteiger charge is -2.22. The molecule has 0 radical (unpaired) electrons. The molecule has 0 heterocycles. The summed E-state index contributed by atoms with van der Waals surface area (Å²) in [5.41, 5.74) is 5.20. The van der Waals surface area contributed by atoms with Crippen LogP contribution in [0.2, 0.25) is 0 Å². The molecule has 0 saturated heterocycles. The summed E-state index contributed by atoms with van der Waals surface area (Å²) in [7, 11) is -3.52. The number of amidine groups is 1. The number of hydrogen-bond donors (Lipinski definition) is 3. The Kier molecular flexibility index (Phi) is 5.77. The Labute approximate surface area is 91.5 Å². The van der Waals surface area contributed by atoms with Crippen LogP contribution in [0, 0.1) is 5.41 Å². The number of nitrogens with two attached hydrogens (primary N) is 1. The fourth-order valence-electron chi connectivity index (χ4n) is 1.10. The molecule has 0 aromatic rings. The topological polar surface area (TPSA) is 99.3 Å². The molecule has 0 saturated carbocycles. The molecule has 0 bridgehead atoms. The lowest BCUT2D eigenvalue weighted by Crippen LogP contribution is -2.47. The number of hydrogen-bond acceptors (Lipinski definition) is 3. The maximum Gasteiger partial charge on any atom is 0.280 e. The van der Waals surface area contributed by atoms with Crippen molar-refractivity contribution in [2.75, 3.05) is 13.1 Å². The Hall–Kier alpha value is -0.660. The van der Waals surface area contributed by atoms with E-state index in [4.69, 9.17) is 11.1 Å². The SMILES string of the molecule is CCCN(CC(=N)N)S(=O)(=O)NC(C)C. The molecule has 0 unspecified atom stereocenters. The fourth-order valence-corrected chi connectivity index (χ4v) is 2.57. The van der Waals surface area contributed by atoms with Crippen LogP contribution in [0.1, 0.15) is 27.2 Å². The first-order valence-electron chi connectivity index (χ1n) is 4.90. The summed E-state index contributed by atoms with van der Waals surface area (Å²) in [6.45, 7) is 5.67. The minimum Gasteiger partial charge on any atom is -0.387 e. The Morgan fingerprint density at radius 3 is 2.40 bits per heavy atom. The van der Waals surface area contributed by atoms with E-state index in [1.807, 2.05) is 6.92 Å². The van der Waals surface area contributed by atoms with Gasteiger partial charge >= 0.3 is 0 Å². The average Bonchev–Trinajstić information content (AvgIpc) is 2.00. The van der Waals surface area contributed by atoms with Gasteiger partial charge in [-0.2, -0.15) is 17.4 Å². The van der Waals surface area contributed by atoms with E-state index in [0.29, 0.717) is 13.0 Å². The molecule has 90 valence electrons. The van der Waals surface area contributed by atoms with Gasteiger partial charge in [-0.15, -0.1) is 0 Å². The van der Waals surface area contributed by atoms with Crippen LogP contribution < -0.4 is 10.5 Å². The molecule has 0 aromatic heterocycles. The van der Waals surface area contributed by atoms with E-state index in [1.54, 1.807) is 13.8 Å². The maximum atomic E-state index is 11.7. The molecule has 0 atom stereocenters. The highest BCUT2D eigenvalue weighted by molar-refractivity contribution is 7.87. The molecule has 0 aliphatic rings. The van der Waals surface area contributed by atoms with Gasteiger partial charge in [-0.05, 0) is 20.3 Å². The standard InChI is InChI=1S/C8H20N4O2S/c1-4-5-12(6-8(9)10)15(13,14)11-7(2)3/h7,11H,4-6H2,1-3H3,(H3,9,10). The minimum absolute atomic E-state index is 0.0596. The van der Waals surface area contributed by atoms with Crippen LogP contribution in [0.5, 0.6) is 0 Å². The van der Waals surface area contributed by atoms with Crippen molar-refractivity contribution in [3.63, 3.8) is 0 Å². The van der Waals surface area contributed by atoms with Crippen molar-refractivity contribution < 1.29 is 8.42 Å². The second-order valence-electron chi connectivity index (χ2n) is 3.64. The van der Waals surface area contributed by atoms with Gasteiger partial charge in [0, 0.05) is 12.6 Å². The lowest BCUT2D eigenvalue weighted by atomic mass is 10.4. The van der Waals surface area contributed by atoms with E-state index in [-0.39, 0.29) is 18.4 Å². The highest BCUT2D eigenvalue weighted by Gasteiger charge is 2.22. The molecule has 4 N–H and O–H groups in total. The summed E-state index contributed by atoms with van der Waals surface area (Å²) in [4.78, 5) is 0. The second-order valence-corrected chi connectivity index (χ2v) is 5.34. The summed E-state index contributed by atoms with van der Waals surface area (Å²) in [5.74, 6) is -0.155. The monoisotopic (exact) mass is 236 g/mol. The Morgan fingerprint density at radius 1 is 1.53 bits per heavy atom. The van der Waals surface area contributed by atoms with Gasteiger partial charge in [0.25, 0.3) is 10.2 Å². The van der Waals surface area contributed by atoms with Gasteiger partial charge in [-0.1, -0.05) is 6.92 Å². The normalized spacial score (nSPS) is 12.3. The summed E-state index contributed by atoms with van der Waals surface area (Å²) in [6, 6.07) is -0.165. The van der Waals surface area contributed by atoms with E-state index >= 15 is 0 Å². The van der Waals surface area contributed by atoms with Gasteiger partial charge in [0.15, 0.2) is 0 Å². The molecule has 0 aromatic carbocycles. The average molecular weight is 236 g/mol. The first-order chi connectivity index (χ1) is 6.79. The van der Waals surface area contributed by atoms with Crippen molar-refractivity contribution in [3.05, 3.63) is 0 Å². The molecule has 15 heavy (non-hydrogen) atoms. The molecule has 7 heteroatoms. The van der Waals surface area contributed by atoms with Crippen molar-refractivity contribution in [2.45, 2.75) is 33.2 Å². The lowest BCUT2D eigenvalue weighted by molar-refractivity contribution is 0.432. The molecule has 0 fully saturated rings. The van der Waals surface area contributed by atoms with Crippen LogP contribution in [-0.4, -0.2) is 37.7 Å². The fraction of sp³-hybridized carbons (Fsp3) is 0.875. The van der Waals surface area contributed by atoms with Gasteiger partial charge in [0.2, 0.25) is 0 Å². The predicted molar refractivity (Wildman–Crippen MR) is 61.0 cm³/mol. The van der Waals surface area contributed by atoms with Crippen LogP contribution in [0.15, 0.2) is 0 Å². The van der Waals surface area contributed by atoms with Crippen LogP contribution in [0.3, 0.4) is 0 Å². The molecular formula is C8H20N4O2S. The van der Waals surface area contributed by atoms with Crippen LogP contribution >= 0.6 is 0 Å². The maximum absolute atomic E-state index is 11.7. The zero-order chi connectivity index (χ0) is 12.1. The van der Waals surface area contributed by atoms with E-state index in [9.17, 15) is 8.42 Å². The Bertz CT molecular complexity index is 300. The first kappa shape index (κ1) is 14.3. The summed E-state index contributed by atoms with van der Waals surface area (Å²) < 4.78 is 27.1. The van der Waals surface area contributed by atoms with E-state index in [0.717, 1.165) is 0 Å². The van der Waals surface area contributed by atoms with Gasteiger partial charge in [-0.3, -0.25) is 5.41 Å². The largest absolute Gasteiger partial charge is 0.387 e. The van der Waals surface area contributed by atoms with Crippen molar-refractivity contribution in [1.29, 1.82) is 5.41 Å². The van der Waals surface area contributed by atoms with E-state index in [1.165, 1.54) is 4.31 Å². The van der Waals surface area contributed by atoms with Crippen molar-refractivity contribution in [1.82, 2.24) is 9.03 Å². The molecule has 0 aliphatic heterocycles. The summed E-state index contributed by atoms with van der Waals surface area (Å²) in [5, 5.41) is 7.11. The quantitative estimate of drug-likeness (QED) is 0.424. The van der Waals surface area contributed by atoms with E-state index < -0.39 is 10.2 Å². The highest BCUT2D eigenvalue weighted by atomic mass is 32.2. The minimum atomic E-state index is -3.52. The van der Waals surface area contributed by atoms with Crippen molar-refractivity contribution in [3.8, 4) is 0 Å². The first-order valence-corrected chi connectivity index (χ1v) is 6.34.